The number of ether oxygens (including phenoxy) is 1. The SMILES string of the molecule is C=C(N=Cc1cc(F)ccc1OC1CCCCC1)O[Si](C)(C)C. The van der Waals surface area contributed by atoms with Crippen molar-refractivity contribution in [2.45, 2.75) is 57.8 Å². The molecular formula is C18H26FNO2Si. The number of hydrogen-bond acceptors (Lipinski definition) is 3. The summed E-state index contributed by atoms with van der Waals surface area (Å²) in [5.41, 5.74) is 0.621. The van der Waals surface area contributed by atoms with Gasteiger partial charge in [-0.25, -0.2) is 9.38 Å². The van der Waals surface area contributed by atoms with Gasteiger partial charge in [0.25, 0.3) is 0 Å². The molecule has 5 heteroatoms. The van der Waals surface area contributed by atoms with Crippen molar-refractivity contribution in [3.05, 3.63) is 42.0 Å². The van der Waals surface area contributed by atoms with E-state index in [9.17, 15) is 4.39 Å². The third-order valence-electron chi connectivity index (χ3n) is 3.59. The second kappa shape index (κ2) is 7.77. The van der Waals surface area contributed by atoms with Crippen LogP contribution in [0.4, 0.5) is 4.39 Å². The lowest BCUT2D eigenvalue weighted by molar-refractivity contribution is 0.154. The normalized spacial score (nSPS) is 16.5. The second-order valence-corrected chi connectivity index (χ2v) is 11.4. The smallest absolute Gasteiger partial charge is 0.244 e. The standard InChI is InChI=1S/C18H26FNO2Si/c1-14(22-23(2,3)4)20-13-15-12-16(19)10-11-18(15)21-17-8-6-5-7-9-17/h10-13,17H,1,5-9H2,2-4H3. The van der Waals surface area contributed by atoms with Gasteiger partial charge >= 0.3 is 0 Å². The summed E-state index contributed by atoms with van der Waals surface area (Å²) in [5, 5.41) is 0. The van der Waals surface area contributed by atoms with Crippen molar-refractivity contribution in [1.82, 2.24) is 0 Å². The molecule has 0 bridgehead atoms. The molecule has 0 amide bonds. The Kier molecular flexibility index (Phi) is 5.99. The van der Waals surface area contributed by atoms with Gasteiger partial charge in [0.1, 0.15) is 11.6 Å². The molecular weight excluding hydrogens is 309 g/mol. The van der Waals surface area contributed by atoms with Crippen molar-refractivity contribution in [3.63, 3.8) is 0 Å². The number of rotatable bonds is 6. The molecule has 0 saturated heterocycles. The topological polar surface area (TPSA) is 30.8 Å². The van der Waals surface area contributed by atoms with E-state index in [4.69, 9.17) is 9.16 Å². The molecule has 0 spiro atoms. The maximum atomic E-state index is 13.6. The molecule has 0 aliphatic heterocycles. The zero-order valence-corrected chi connectivity index (χ0v) is 15.3. The zero-order chi connectivity index (χ0) is 16.9. The van der Waals surface area contributed by atoms with Crippen LogP contribution in [0.1, 0.15) is 37.7 Å². The summed E-state index contributed by atoms with van der Waals surface area (Å²) < 4.78 is 25.3. The van der Waals surface area contributed by atoms with Gasteiger partial charge in [-0.1, -0.05) is 6.42 Å². The molecule has 0 radical (unpaired) electrons. The highest BCUT2D eigenvalue weighted by molar-refractivity contribution is 6.70. The van der Waals surface area contributed by atoms with Gasteiger partial charge in [0, 0.05) is 11.8 Å². The first-order valence-electron chi connectivity index (χ1n) is 8.22. The molecule has 1 saturated carbocycles. The predicted molar refractivity (Wildman–Crippen MR) is 95.1 cm³/mol. The summed E-state index contributed by atoms with van der Waals surface area (Å²) in [5.74, 6) is 0.721. The van der Waals surface area contributed by atoms with Crippen molar-refractivity contribution in [2.75, 3.05) is 0 Å². The Morgan fingerprint density at radius 3 is 2.61 bits per heavy atom. The number of aliphatic imine (C=N–C) groups is 1. The van der Waals surface area contributed by atoms with Gasteiger partial charge in [-0.3, -0.25) is 0 Å². The molecule has 23 heavy (non-hydrogen) atoms. The van der Waals surface area contributed by atoms with Gasteiger partial charge in [0.2, 0.25) is 8.32 Å². The van der Waals surface area contributed by atoms with E-state index in [1.54, 1.807) is 12.3 Å². The van der Waals surface area contributed by atoms with Crippen LogP contribution in [0.5, 0.6) is 5.75 Å². The molecule has 1 aromatic rings. The lowest BCUT2D eigenvalue weighted by atomic mass is 9.98. The average Bonchev–Trinajstić information content (AvgIpc) is 2.47. The van der Waals surface area contributed by atoms with Crippen molar-refractivity contribution in [1.29, 1.82) is 0 Å². The van der Waals surface area contributed by atoms with E-state index in [1.165, 1.54) is 31.4 Å². The van der Waals surface area contributed by atoms with Gasteiger partial charge < -0.3 is 9.16 Å². The van der Waals surface area contributed by atoms with E-state index < -0.39 is 8.32 Å². The Morgan fingerprint density at radius 1 is 1.26 bits per heavy atom. The fourth-order valence-corrected chi connectivity index (χ4v) is 3.37. The Hall–Kier alpha value is -1.62. The lowest BCUT2D eigenvalue weighted by Crippen LogP contribution is -2.24. The number of benzene rings is 1. The first-order chi connectivity index (χ1) is 10.8. The molecule has 0 aromatic heterocycles. The molecule has 0 atom stereocenters. The molecule has 0 heterocycles. The Labute approximate surface area is 139 Å². The summed E-state index contributed by atoms with van der Waals surface area (Å²) >= 11 is 0. The van der Waals surface area contributed by atoms with Gasteiger partial charge in [-0.15, -0.1) is 0 Å². The molecule has 1 aliphatic carbocycles. The van der Waals surface area contributed by atoms with E-state index >= 15 is 0 Å². The van der Waals surface area contributed by atoms with Gasteiger partial charge in [0.15, 0.2) is 5.88 Å². The number of halogens is 1. The summed E-state index contributed by atoms with van der Waals surface area (Å²) in [4.78, 5) is 4.22. The van der Waals surface area contributed by atoms with Crippen LogP contribution in [0.15, 0.2) is 35.7 Å². The van der Waals surface area contributed by atoms with Gasteiger partial charge in [0.05, 0.1) is 6.10 Å². The summed E-state index contributed by atoms with van der Waals surface area (Å²) in [6.07, 6.45) is 7.54. The van der Waals surface area contributed by atoms with Crippen LogP contribution in [0.3, 0.4) is 0 Å². The van der Waals surface area contributed by atoms with Gasteiger partial charge in [-0.2, -0.15) is 0 Å². The van der Waals surface area contributed by atoms with E-state index in [1.807, 2.05) is 0 Å². The monoisotopic (exact) mass is 335 g/mol. The Bertz CT molecular complexity index is 575. The van der Waals surface area contributed by atoms with Crippen LogP contribution in [-0.4, -0.2) is 20.6 Å². The largest absolute Gasteiger partial charge is 0.532 e. The Morgan fingerprint density at radius 2 is 1.96 bits per heavy atom. The third-order valence-corrected chi connectivity index (χ3v) is 4.44. The van der Waals surface area contributed by atoms with Gasteiger partial charge in [-0.05, 0) is 70.1 Å². The minimum Gasteiger partial charge on any atom is -0.532 e. The first-order valence-corrected chi connectivity index (χ1v) is 11.6. The predicted octanol–water partition coefficient (Wildman–Crippen LogP) is 5.28. The summed E-state index contributed by atoms with van der Waals surface area (Å²) in [6.45, 7) is 9.99. The summed E-state index contributed by atoms with van der Waals surface area (Å²) in [6, 6.07) is 4.53. The van der Waals surface area contributed by atoms with Crippen LogP contribution < -0.4 is 4.74 Å². The van der Waals surface area contributed by atoms with Crippen molar-refractivity contribution < 1.29 is 13.6 Å². The maximum Gasteiger partial charge on any atom is 0.244 e. The number of hydrogen-bond donors (Lipinski definition) is 0. The average molecular weight is 335 g/mol. The molecule has 1 aliphatic rings. The zero-order valence-electron chi connectivity index (χ0n) is 14.3. The van der Waals surface area contributed by atoms with Crippen LogP contribution in [0.25, 0.3) is 0 Å². The Balaban J connectivity index is 2.10. The highest BCUT2D eigenvalue weighted by atomic mass is 28.4. The maximum absolute atomic E-state index is 13.6. The van der Waals surface area contributed by atoms with Crippen molar-refractivity contribution >= 4 is 14.5 Å². The highest BCUT2D eigenvalue weighted by Crippen LogP contribution is 2.26. The molecule has 2 rings (SSSR count). The van der Waals surface area contributed by atoms with E-state index in [0.29, 0.717) is 17.2 Å². The first kappa shape index (κ1) is 17.7. The van der Waals surface area contributed by atoms with Crippen molar-refractivity contribution in [3.8, 4) is 5.75 Å². The van der Waals surface area contributed by atoms with Crippen LogP contribution in [-0.2, 0) is 4.43 Å². The van der Waals surface area contributed by atoms with Crippen LogP contribution >= 0.6 is 0 Å². The second-order valence-electron chi connectivity index (χ2n) is 6.93. The molecule has 0 unspecified atom stereocenters. The minimum atomic E-state index is -1.74. The van der Waals surface area contributed by atoms with Crippen LogP contribution in [0, 0.1) is 5.82 Å². The third kappa shape index (κ3) is 6.18. The fraction of sp³-hybridized carbons (Fsp3) is 0.500. The number of nitrogens with zero attached hydrogens (tertiary/aromatic N) is 1. The molecule has 126 valence electrons. The molecule has 1 fully saturated rings. The highest BCUT2D eigenvalue weighted by Gasteiger charge is 2.18. The summed E-state index contributed by atoms with van der Waals surface area (Å²) in [7, 11) is -1.74. The molecule has 1 aromatic carbocycles. The molecule has 0 N–H and O–H groups in total. The van der Waals surface area contributed by atoms with Crippen molar-refractivity contribution in [2.24, 2.45) is 4.99 Å². The van der Waals surface area contributed by atoms with Crippen LogP contribution in [0.2, 0.25) is 19.6 Å². The molecule has 3 nitrogen and oxygen atoms in total. The lowest BCUT2D eigenvalue weighted by Gasteiger charge is -2.24. The van der Waals surface area contributed by atoms with E-state index in [0.717, 1.165) is 12.8 Å². The van der Waals surface area contributed by atoms with E-state index in [-0.39, 0.29) is 11.9 Å². The quantitative estimate of drug-likeness (QED) is 0.402. The fourth-order valence-electron chi connectivity index (χ4n) is 2.61. The van der Waals surface area contributed by atoms with E-state index in [2.05, 4.69) is 31.2 Å². The minimum absolute atomic E-state index is 0.211.